The van der Waals surface area contributed by atoms with E-state index < -0.39 is 17.8 Å². The quantitative estimate of drug-likeness (QED) is 0.771. The van der Waals surface area contributed by atoms with Gasteiger partial charge in [0.2, 0.25) is 0 Å². The summed E-state index contributed by atoms with van der Waals surface area (Å²) in [5.41, 5.74) is 2.54. The van der Waals surface area contributed by atoms with Gasteiger partial charge in [-0.1, -0.05) is 6.07 Å². The van der Waals surface area contributed by atoms with Crippen molar-refractivity contribution in [3.05, 3.63) is 58.7 Å². The summed E-state index contributed by atoms with van der Waals surface area (Å²) in [7, 11) is 3.15. The average Bonchev–Trinajstić information content (AvgIpc) is 3.17. The fourth-order valence-electron chi connectivity index (χ4n) is 4.65. The second-order valence-electron chi connectivity index (χ2n) is 8.00. The molecule has 1 aliphatic heterocycles. The maximum atomic E-state index is 13.3. The van der Waals surface area contributed by atoms with Crippen LogP contribution in [0.25, 0.3) is 0 Å². The van der Waals surface area contributed by atoms with Gasteiger partial charge < -0.3 is 19.0 Å². The highest BCUT2D eigenvalue weighted by Crippen LogP contribution is 2.47. The Morgan fingerprint density at radius 1 is 1.10 bits per heavy atom. The molecular weight excluding hydrogens is 398 g/mol. The molecule has 0 fully saturated rings. The lowest BCUT2D eigenvalue weighted by atomic mass is 9.71. The molecule has 7 nitrogen and oxygen atoms in total. The third kappa shape index (κ3) is 3.65. The summed E-state index contributed by atoms with van der Waals surface area (Å²) < 4.78 is 16.5. The van der Waals surface area contributed by atoms with Crippen LogP contribution in [0.3, 0.4) is 0 Å². The predicted octanol–water partition coefficient (Wildman–Crippen LogP) is 4.26. The molecule has 0 bridgehead atoms. The van der Waals surface area contributed by atoms with Gasteiger partial charge in [-0.25, -0.2) is 0 Å². The van der Waals surface area contributed by atoms with E-state index in [1.807, 2.05) is 18.2 Å². The third-order valence-corrected chi connectivity index (χ3v) is 6.10. The van der Waals surface area contributed by atoms with E-state index in [-0.39, 0.29) is 18.1 Å². The van der Waals surface area contributed by atoms with Gasteiger partial charge in [0.25, 0.3) is 0 Å². The second-order valence-corrected chi connectivity index (χ2v) is 8.00. The number of nitrogens with zero attached hydrogens (tertiary/aromatic N) is 1. The molecule has 1 aromatic heterocycles. The van der Waals surface area contributed by atoms with Gasteiger partial charge in [-0.3, -0.25) is 14.6 Å². The molecule has 162 valence electrons. The highest BCUT2D eigenvalue weighted by molar-refractivity contribution is 6.08. The van der Waals surface area contributed by atoms with Crippen LogP contribution < -0.4 is 9.47 Å². The summed E-state index contributed by atoms with van der Waals surface area (Å²) in [4.78, 5) is 30.0. The lowest BCUT2D eigenvalue weighted by Gasteiger charge is -2.34. The van der Waals surface area contributed by atoms with E-state index in [0.717, 1.165) is 5.56 Å². The number of rotatable bonds is 5. The number of furan rings is 1. The van der Waals surface area contributed by atoms with Crippen LogP contribution in [-0.4, -0.2) is 36.8 Å². The molecule has 3 unspecified atom stereocenters. The predicted molar refractivity (Wildman–Crippen MR) is 114 cm³/mol. The summed E-state index contributed by atoms with van der Waals surface area (Å²) in [6.07, 6.45) is 0.807. The number of carboxylic acid groups (broad SMARTS) is 1. The Labute approximate surface area is 180 Å². The smallest absolute Gasteiger partial charge is 0.313 e. The monoisotopic (exact) mass is 423 g/mol. The van der Waals surface area contributed by atoms with Crippen LogP contribution in [0.4, 0.5) is 0 Å². The van der Waals surface area contributed by atoms with E-state index in [9.17, 15) is 14.7 Å². The van der Waals surface area contributed by atoms with E-state index in [1.54, 1.807) is 40.2 Å². The van der Waals surface area contributed by atoms with Gasteiger partial charge >= 0.3 is 5.97 Å². The normalized spacial score (nSPS) is 23.3. The Bertz CT molecular complexity index is 1110. The third-order valence-electron chi connectivity index (χ3n) is 6.10. The number of Topliss-reactive ketones (excluding diaryl/α,β-unsaturated/α-hetero) is 1. The van der Waals surface area contributed by atoms with E-state index >= 15 is 0 Å². The number of ketones is 1. The molecule has 2 heterocycles. The maximum absolute atomic E-state index is 13.3. The molecule has 2 aromatic rings. The van der Waals surface area contributed by atoms with Crippen LogP contribution >= 0.6 is 0 Å². The number of aryl methyl sites for hydroxylation is 1. The Kier molecular flexibility index (Phi) is 5.43. The van der Waals surface area contributed by atoms with Crippen molar-refractivity contribution in [2.75, 3.05) is 14.2 Å². The number of benzene rings is 1. The molecule has 1 aliphatic carbocycles. The molecular formula is C24H25NO6. The highest BCUT2D eigenvalue weighted by atomic mass is 16.5. The number of aliphatic imine (C=N–C) groups is 1. The van der Waals surface area contributed by atoms with Crippen molar-refractivity contribution >= 4 is 17.5 Å². The maximum Gasteiger partial charge on any atom is 0.313 e. The molecule has 7 heteroatoms. The number of carbonyl (C=O) groups is 2. The van der Waals surface area contributed by atoms with Crippen molar-refractivity contribution < 1.29 is 28.6 Å². The first-order chi connectivity index (χ1) is 14.8. The van der Waals surface area contributed by atoms with Gasteiger partial charge in [0.05, 0.1) is 20.1 Å². The standard InChI is InChI=1S/C24H25NO6/c1-12-5-7-19(31-12)23-21(24(27)28)13(2)25-16-9-15(10-17(26)22(16)23)14-6-8-18(29-3)20(11-14)30-4/h5-8,11,15,21,23H,9-10H2,1-4H3,(H,27,28). The molecule has 0 saturated heterocycles. The number of carbonyl (C=O) groups excluding carboxylic acids is 1. The minimum absolute atomic E-state index is 0.0806. The van der Waals surface area contributed by atoms with Crippen LogP contribution in [-0.2, 0) is 9.59 Å². The molecule has 31 heavy (non-hydrogen) atoms. The summed E-state index contributed by atoms with van der Waals surface area (Å²) in [6, 6.07) is 9.18. The van der Waals surface area contributed by atoms with E-state index in [1.165, 1.54) is 0 Å². The molecule has 0 spiro atoms. The van der Waals surface area contributed by atoms with Gasteiger partial charge in [0.1, 0.15) is 17.4 Å². The summed E-state index contributed by atoms with van der Waals surface area (Å²) in [5, 5.41) is 9.88. The van der Waals surface area contributed by atoms with Crippen molar-refractivity contribution in [3.8, 4) is 11.5 Å². The van der Waals surface area contributed by atoms with Crippen LogP contribution in [0.1, 0.15) is 48.7 Å². The Balaban J connectivity index is 1.76. The van der Waals surface area contributed by atoms with Gasteiger partial charge in [-0.05, 0) is 56.0 Å². The minimum atomic E-state index is -1.01. The lowest BCUT2D eigenvalue weighted by Crippen LogP contribution is -2.37. The SMILES string of the molecule is COc1ccc(C2CC(=O)C3=C(C2)N=C(C)C(C(=O)O)C3c2ccc(C)o2)cc1OC. The topological polar surface area (TPSA) is 98.3 Å². The van der Waals surface area contributed by atoms with E-state index in [4.69, 9.17) is 13.9 Å². The Hall–Kier alpha value is -3.35. The van der Waals surface area contributed by atoms with Crippen molar-refractivity contribution in [1.29, 1.82) is 0 Å². The summed E-state index contributed by atoms with van der Waals surface area (Å²) in [6.45, 7) is 3.50. The second kappa shape index (κ2) is 8.06. The van der Waals surface area contributed by atoms with Gasteiger partial charge in [0.15, 0.2) is 17.3 Å². The number of aliphatic carboxylic acids is 1. The Morgan fingerprint density at radius 3 is 2.45 bits per heavy atom. The van der Waals surface area contributed by atoms with Crippen molar-refractivity contribution in [1.82, 2.24) is 0 Å². The van der Waals surface area contributed by atoms with Crippen LogP contribution in [0.15, 0.2) is 51.0 Å². The van der Waals surface area contributed by atoms with Crippen molar-refractivity contribution in [3.63, 3.8) is 0 Å². The fraction of sp³-hybridized carbons (Fsp3) is 0.375. The molecule has 4 rings (SSSR count). The number of allylic oxidation sites excluding steroid dienone is 2. The van der Waals surface area contributed by atoms with Gasteiger partial charge in [0, 0.05) is 23.4 Å². The number of carboxylic acids is 1. The summed E-state index contributed by atoms with van der Waals surface area (Å²) >= 11 is 0. The van der Waals surface area contributed by atoms with E-state index in [2.05, 4.69) is 4.99 Å². The number of hydrogen-bond donors (Lipinski definition) is 1. The Morgan fingerprint density at radius 2 is 1.84 bits per heavy atom. The largest absolute Gasteiger partial charge is 0.493 e. The zero-order valence-electron chi connectivity index (χ0n) is 18.0. The fourth-order valence-corrected chi connectivity index (χ4v) is 4.65. The van der Waals surface area contributed by atoms with Crippen LogP contribution in [0, 0.1) is 12.8 Å². The first kappa shape index (κ1) is 20.9. The number of hydrogen-bond acceptors (Lipinski definition) is 6. The van der Waals surface area contributed by atoms with Gasteiger partial charge in [-0.15, -0.1) is 0 Å². The number of ether oxygens (including phenoxy) is 2. The zero-order chi connectivity index (χ0) is 22.3. The zero-order valence-corrected chi connectivity index (χ0v) is 18.0. The van der Waals surface area contributed by atoms with Crippen LogP contribution in [0.5, 0.6) is 11.5 Å². The average molecular weight is 423 g/mol. The summed E-state index contributed by atoms with van der Waals surface area (Å²) in [5.74, 6) is -0.393. The molecule has 0 amide bonds. The first-order valence-electron chi connectivity index (χ1n) is 10.2. The van der Waals surface area contributed by atoms with E-state index in [0.29, 0.717) is 46.4 Å². The lowest BCUT2D eigenvalue weighted by molar-refractivity contribution is -0.140. The molecule has 0 radical (unpaired) electrons. The highest BCUT2D eigenvalue weighted by Gasteiger charge is 2.45. The van der Waals surface area contributed by atoms with Crippen molar-refractivity contribution in [2.24, 2.45) is 10.9 Å². The number of methoxy groups -OCH3 is 2. The van der Waals surface area contributed by atoms with Gasteiger partial charge in [-0.2, -0.15) is 0 Å². The molecule has 1 aromatic carbocycles. The van der Waals surface area contributed by atoms with Crippen molar-refractivity contribution in [2.45, 2.75) is 38.5 Å². The first-order valence-corrected chi connectivity index (χ1v) is 10.2. The minimum Gasteiger partial charge on any atom is -0.493 e. The molecule has 0 saturated carbocycles. The molecule has 3 atom stereocenters. The molecule has 1 N–H and O–H groups in total. The van der Waals surface area contributed by atoms with Crippen LogP contribution in [0.2, 0.25) is 0 Å². The molecule has 2 aliphatic rings.